The lowest BCUT2D eigenvalue weighted by Gasteiger charge is -2.11. The van der Waals surface area contributed by atoms with Crippen molar-refractivity contribution < 1.29 is 13.9 Å². The van der Waals surface area contributed by atoms with Crippen LogP contribution in [0.1, 0.15) is 13.8 Å². The number of carbonyl (C=O) groups is 1. The monoisotopic (exact) mass is 279 g/mol. The van der Waals surface area contributed by atoms with Crippen molar-refractivity contribution in [3.8, 4) is 0 Å². The zero-order valence-electron chi connectivity index (χ0n) is 11.8. The average molecular weight is 279 g/mol. The number of nitrogens with zero attached hydrogens (tertiary/aromatic N) is 2. The number of anilines is 1. The van der Waals surface area contributed by atoms with Crippen molar-refractivity contribution in [3.05, 3.63) is 24.0 Å². The van der Waals surface area contributed by atoms with Gasteiger partial charge in [0.1, 0.15) is 5.82 Å². The first-order valence-corrected chi connectivity index (χ1v) is 6.52. The summed E-state index contributed by atoms with van der Waals surface area (Å²) in [5, 5.41) is 2.77. The molecule has 1 aromatic carbocycles. The van der Waals surface area contributed by atoms with Crippen LogP contribution in [0.2, 0.25) is 0 Å². The third kappa shape index (κ3) is 2.80. The summed E-state index contributed by atoms with van der Waals surface area (Å²) in [4.78, 5) is 16.3. The standard InChI is InChI=1S/C14H18FN3O2/c1-4-18-12-6-5-10(15)7-11(12)16-14(18)17-13(19)9(2)8-20-3/h5-7,9H,4,8H2,1-3H3,(H,16,17,19)/t9-/m0/s1. The van der Waals surface area contributed by atoms with Gasteiger partial charge in [-0.2, -0.15) is 0 Å². The second kappa shape index (κ2) is 6.00. The molecule has 20 heavy (non-hydrogen) atoms. The summed E-state index contributed by atoms with van der Waals surface area (Å²) in [5.74, 6) is -0.357. The van der Waals surface area contributed by atoms with Crippen molar-refractivity contribution in [2.75, 3.05) is 19.0 Å². The summed E-state index contributed by atoms with van der Waals surface area (Å²) >= 11 is 0. The largest absolute Gasteiger partial charge is 0.384 e. The number of ether oxygens (including phenoxy) is 1. The highest BCUT2D eigenvalue weighted by molar-refractivity contribution is 5.93. The number of aryl methyl sites for hydroxylation is 1. The van der Waals surface area contributed by atoms with E-state index in [0.29, 0.717) is 24.6 Å². The maximum absolute atomic E-state index is 13.2. The number of halogens is 1. The molecule has 0 fully saturated rings. The lowest BCUT2D eigenvalue weighted by atomic mass is 10.2. The van der Waals surface area contributed by atoms with Crippen LogP contribution in [-0.2, 0) is 16.1 Å². The Bertz CT molecular complexity index is 624. The molecule has 0 saturated carbocycles. The summed E-state index contributed by atoms with van der Waals surface area (Å²) in [6.07, 6.45) is 0. The number of fused-ring (bicyclic) bond motifs is 1. The minimum Gasteiger partial charge on any atom is -0.384 e. The number of imidazole rings is 1. The van der Waals surface area contributed by atoms with Gasteiger partial charge < -0.3 is 9.30 Å². The van der Waals surface area contributed by atoms with Crippen molar-refractivity contribution in [1.82, 2.24) is 9.55 Å². The molecule has 1 aromatic heterocycles. The van der Waals surface area contributed by atoms with Gasteiger partial charge in [0.25, 0.3) is 0 Å². The molecule has 0 aliphatic carbocycles. The van der Waals surface area contributed by atoms with E-state index in [4.69, 9.17) is 4.74 Å². The second-order valence-corrected chi connectivity index (χ2v) is 4.66. The van der Waals surface area contributed by atoms with E-state index in [0.717, 1.165) is 5.52 Å². The molecule has 6 heteroatoms. The lowest BCUT2D eigenvalue weighted by molar-refractivity contribution is -0.120. The summed E-state index contributed by atoms with van der Waals surface area (Å²) in [6, 6.07) is 4.40. The van der Waals surface area contributed by atoms with Gasteiger partial charge in [-0.1, -0.05) is 6.92 Å². The summed E-state index contributed by atoms with van der Waals surface area (Å²) in [5.41, 5.74) is 1.32. The number of benzene rings is 1. The van der Waals surface area contributed by atoms with Crippen molar-refractivity contribution >= 4 is 22.9 Å². The van der Waals surface area contributed by atoms with Gasteiger partial charge in [-0.15, -0.1) is 0 Å². The topological polar surface area (TPSA) is 56.2 Å². The molecule has 1 amide bonds. The Morgan fingerprint density at radius 1 is 1.55 bits per heavy atom. The fourth-order valence-electron chi connectivity index (χ4n) is 2.08. The molecular formula is C14H18FN3O2. The van der Waals surface area contributed by atoms with Crippen LogP contribution in [0.3, 0.4) is 0 Å². The summed E-state index contributed by atoms with van der Waals surface area (Å²) in [7, 11) is 1.55. The van der Waals surface area contributed by atoms with Gasteiger partial charge in [0.05, 0.1) is 23.6 Å². The highest BCUT2D eigenvalue weighted by Crippen LogP contribution is 2.21. The van der Waals surface area contributed by atoms with E-state index in [9.17, 15) is 9.18 Å². The summed E-state index contributed by atoms with van der Waals surface area (Å²) < 4.78 is 20.0. The van der Waals surface area contributed by atoms with Gasteiger partial charge in [0.15, 0.2) is 0 Å². The fourth-order valence-corrected chi connectivity index (χ4v) is 2.08. The van der Waals surface area contributed by atoms with Gasteiger partial charge in [-0.3, -0.25) is 10.1 Å². The predicted octanol–water partition coefficient (Wildman–Crippen LogP) is 2.42. The van der Waals surface area contributed by atoms with E-state index < -0.39 is 0 Å². The lowest BCUT2D eigenvalue weighted by Crippen LogP contribution is -2.25. The molecule has 0 saturated heterocycles. The van der Waals surface area contributed by atoms with Crippen LogP contribution < -0.4 is 5.32 Å². The molecule has 2 rings (SSSR count). The second-order valence-electron chi connectivity index (χ2n) is 4.66. The van der Waals surface area contributed by atoms with Gasteiger partial charge in [-0.25, -0.2) is 9.37 Å². The number of nitrogens with one attached hydrogen (secondary N) is 1. The van der Waals surface area contributed by atoms with Crippen molar-refractivity contribution in [3.63, 3.8) is 0 Å². The summed E-state index contributed by atoms with van der Waals surface area (Å²) in [6.45, 7) is 4.69. The van der Waals surface area contributed by atoms with Crippen LogP contribution in [0.5, 0.6) is 0 Å². The Kier molecular flexibility index (Phi) is 4.34. The number of amides is 1. The molecule has 0 aliphatic rings. The molecule has 0 bridgehead atoms. The number of methoxy groups -OCH3 is 1. The molecule has 1 heterocycles. The van der Waals surface area contributed by atoms with Crippen molar-refractivity contribution in [1.29, 1.82) is 0 Å². The predicted molar refractivity (Wildman–Crippen MR) is 75.0 cm³/mol. The molecule has 0 spiro atoms. The zero-order chi connectivity index (χ0) is 14.7. The van der Waals surface area contributed by atoms with Crippen LogP contribution in [-0.4, -0.2) is 29.2 Å². The van der Waals surface area contributed by atoms with Gasteiger partial charge in [-0.05, 0) is 19.1 Å². The maximum Gasteiger partial charge on any atom is 0.231 e. The first kappa shape index (κ1) is 14.5. The fraction of sp³-hybridized carbons (Fsp3) is 0.429. The number of hydrogen-bond acceptors (Lipinski definition) is 3. The molecule has 0 aliphatic heterocycles. The van der Waals surface area contributed by atoms with E-state index in [2.05, 4.69) is 10.3 Å². The first-order valence-electron chi connectivity index (χ1n) is 6.52. The van der Waals surface area contributed by atoms with E-state index in [1.165, 1.54) is 12.1 Å². The normalized spacial score (nSPS) is 12.6. The molecule has 1 N–H and O–H groups in total. The van der Waals surface area contributed by atoms with Gasteiger partial charge in [0, 0.05) is 19.7 Å². The first-order chi connectivity index (χ1) is 9.56. The number of aromatic nitrogens is 2. The highest BCUT2D eigenvalue weighted by Gasteiger charge is 2.17. The number of hydrogen-bond donors (Lipinski definition) is 1. The van der Waals surface area contributed by atoms with Gasteiger partial charge in [0.2, 0.25) is 11.9 Å². The van der Waals surface area contributed by atoms with Crippen molar-refractivity contribution in [2.24, 2.45) is 5.92 Å². The van der Waals surface area contributed by atoms with Crippen LogP contribution >= 0.6 is 0 Å². The van der Waals surface area contributed by atoms with E-state index >= 15 is 0 Å². The van der Waals surface area contributed by atoms with E-state index in [1.54, 1.807) is 20.1 Å². The van der Waals surface area contributed by atoms with Crippen LogP contribution in [0, 0.1) is 11.7 Å². The Labute approximate surface area is 116 Å². The molecule has 0 radical (unpaired) electrons. The number of rotatable bonds is 5. The molecular weight excluding hydrogens is 261 g/mol. The Morgan fingerprint density at radius 2 is 2.30 bits per heavy atom. The third-order valence-electron chi connectivity index (χ3n) is 3.13. The minimum atomic E-state index is -0.344. The van der Waals surface area contributed by atoms with Crippen molar-refractivity contribution in [2.45, 2.75) is 20.4 Å². The quantitative estimate of drug-likeness (QED) is 0.914. The molecule has 1 atom stereocenters. The zero-order valence-corrected chi connectivity index (χ0v) is 11.8. The highest BCUT2D eigenvalue weighted by atomic mass is 19.1. The third-order valence-corrected chi connectivity index (χ3v) is 3.13. The Morgan fingerprint density at radius 3 is 2.95 bits per heavy atom. The van der Waals surface area contributed by atoms with E-state index in [1.807, 2.05) is 11.5 Å². The molecule has 5 nitrogen and oxygen atoms in total. The van der Waals surface area contributed by atoms with Crippen LogP contribution in [0.4, 0.5) is 10.3 Å². The van der Waals surface area contributed by atoms with E-state index in [-0.39, 0.29) is 17.6 Å². The molecule has 2 aromatic rings. The Hall–Kier alpha value is -1.95. The smallest absolute Gasteiger partial charge is 0.231 e. The van der Waals surface area contributed by atoms with Crippen LogP contribution in [0.25, 0.3) is 11.0 Å². The van der Waals surface area contributed by atoms with Crippen LogP contribution in [0.15, 0.2) is 18.2 Å². The minimum absolute atomic E-state index is 0.169. The molecule has 0 unspecified atom stereocenters. The SMILES string of the molecule is CCn1c(NC(=O)[C@@H](C)COC)nc2cc(F)ccc21. The average Bonchev–Trinajstić information content (AvgIpc) is 2.74. The Balaban J connectivity index is 2.32. The number of carbonyl (C=O) groups excluding carboxylic acids is 1. The maximum atomic E-state index is 13.2. The van der Waals surface area contributed by atoms with Gasteiger partial charge >= 0.3 is 0 Å². The molecule has 108 valence electrons.